The Balaban J connectivity index is 2.63. The summed E-state index contributed by atoms with van der Waals surface area (Å²) in [6, 6.07) is 2.11. The topological polar surface area (TPSA) is 32.6 Å². The molecule has 0 amide bonds. The number of hydrogen-bond acceptors (Lipinski definition) is 2. The van der Waals surface area contributed by atoms with Crippen LogP contribution in [0.4, 0.5) is 0 Å². The van der Waals surface area contributed by atoms with Crippen LogP contribution in [-0.2, 0) is 0 Å². The van der Waals surface area contributed by atoms with E-state index in [-0.39, 0.29) is 6.04 Å². The van der Waals surface area contributed by atoms with Gasteiger partial charge in [-0.05, 0) is 43.0 Å². The second-order valence-corrected chi connectivity index (χ2v) is 3.85. The zero-order valence-corrected chi connectivity index (χ0v) is 8.83. The molecule has 1 aromatic carbocycles. The van der Waals surface area contributed by atoms with Crippen LogP contribution in [0.1, 0.15) is 41.6 Å². The van der Waals surface area contributed by atoms with Crippen molar-refractivity contribution in [3.63, 3.8) is 0 Å². The first-order valence-corrected chi connectivity index (χ1v) is 5.01. The molecule has 0 spiro atoms. The van der Waals surface area contributed by atoms with Gasteiger partial charge in [0.2, 0.25) is 0 Å². The monoisotopic (exact) mass is 189 g/mol. The molecular weight excluding hydrogens is 174 g/mol. The van der Waals surface area contributed by atoms with Crippen LogP contribution in [0.15, 0.2) is 11.1 Å². The van der Waals surface area contributed by atoms with Gasteiger partial charge in [0.15, 0.2) is 0 Å². The van der Waals surface area contributed by atoms with Crippen molar-refractivity contribution in [3.8, 4) is 5.75 Å². The summed E-state index contributed by atoms with van der Waals surface area (Å²) in [6.07, 6.45) is 2.93. The quantitative estimate of drug-likeness (QED) is 0.723. The highest BCUT2D eigenvalue weighted by Crippen LogP contribution is 2.35. The maximum atomic E-state index is 9.72. The normalized spacial score (nSPS) is 18.6. The third-order valence-electron chi connectivity index (χ3n) is 3.08. The van der Waals surface area contributed by atoms with Crippen molar-refractivity contribution in [1.29, 1.82) is 0 Å². The van der Waals surface area contributed by atoms with Gasteiger partial charge in [-0.15, -0.1) is 0 Å². The van der Waals surface area contributed by atoms with Crippen molar-refractivity contribution in [1.82, 2.24) is 0 Å². The Bertz CT molecular complexity index is 407. The minimum atomic E-state index is 0.246. The third-order valence-corrected chi connectivity index (χ3v) is 3.08. The van der Waals surface area contributed by atoms with E-state index in [2.05, 4.69) is 11.9 Å². The Morgan fingerprint density at radius 2 is 2.07 bits per heavy atom. The first-order chi connectivity index (χ1) is 6.65. The fourth-order valence-electron chi connectivity index (χ4n) is 1.96. The molecule has 1 atom stereocenters. The molecule has 0 saturated carbocycles. The highest BCUT2D eigenvalue weighted by Gasteiger charge is 2.20. The maximum Gasteiger partial charge on any atom is 0.119 e. The molecule has 0 radical (unpaired) electrons. The van der Waals surface area contributed by atoms with E-state index in [1.807, 2.05) is 26.1 Å². The standard InChI is InChI=1S/C12H15NO/c1-4-11-9-5-12(14)8(3)7(2)10(9)6-13-11/h5-6,11,14H,4H2,1-3H3. The molecule has 14 heavy (non-hydrogen) atoms. The molecule has 1 heterocycles. The van der Waals surface area contributed by atoms with E-state index in [0.29, 0.717) is 5.75 Å². The number of aliphatic imine (C=N–C) groups is 1. The Kier molecular flexibility index (Phi) is 2.06. The average Bonchev–Trinajstić information content (AvgIpc) is 2.57. The molecule has 1 N–H and O–H groups in total. The van der Waals surface area contributed by atoms with E-state index in [0.717, 1.165) is 17.5 Å². The summed E-state index contributed by atoms with van der Waals surface area (Å²) in [5.74, 6) is 0.394. The average molecular weight is 189 g/mol. The number of benzene rings is 1. The van der Waals surface area contributed by atoms with Crippen LogP contribution in [-0.4, -0.2) is 11.3 Å². The van der Waals surface area contributed by atoms with Gasteiger partial charge in [-0.1, -0.05) is 6.92 Å². The van der Waals surface area contributed by atoms with Gasteiger partial charge >= 0.3 is 0 Å². The third kappa shape index (κ3) is 1.14. The van der Waals surface area contributed by atoms with Crippen LogP contribution in [0.5, 0.6) is 5.75 Å². The van der Waals surface area contributed by atoms with Crippen molar-refractivity contribution >= 4 is 6.21 Å². The van der Waals surface area contributed by atoms with E-state index in [4.69, 9.17) is 0 Å². The molecule has 74 valence electrons. The highest BCUT2D eigenvalue weighted by atomic mass is 16.3. The largest absolute Gasteiger partial charge is 0.508 e. The summed E-state index contributed by atoms with van der Waals surface area (Å²) in [5, 5.41) is 9.72. The molecule has 2 nitrogen and oxygen atoms in total. The lowest BCUT2D eigenvalue weighted by molar-refractivity contribution is 0.469. The zero-order valence-electron chi connectivity index (χ0n) is 8.83. The molecule has 0 aliphatic carbocycles. The lowest BCUT2D eigenvalue weighted by Gasteiger charge is -2.11. The van der Waals surface area contributed by atoms with Gasteiger partial charge < -0.3 is 5.11 Å². The number of nitrogens with zero attached hydrogens (tertiary/aromatic N) is 1. The van der Waals surface area contributed by atoms with Gasteiger partial charge in [0, 0.05) is 11.8 Å². The number of aromatic hydroxyl groups is 1. The van der Waals surface area contributed by atoms with E-state index >= 15 is 0 Å². The summed E-state index contributed by atoms with van der Waals surface area (Å²) in [6.45, 7) is 6.10. The Morgan fingerprint density at radius 3 is 2.71 bits per heavy atom. The van der Waals surface area contributed by atoms with Gasteiger partial charge in [-0.2, -0.15) is 0 Å². The molecule has 1 aliphatic rings. The molecule has 1 aromatic rings. The van der Waals surface area contributed by atoms with Gasteiger partial charge in [0.1, 0.15) is 5.75 Å². The van der Waals surface area contributed by atoms with Gasteiger partial charge in [0.25, 0.3) is 0 Å². The molecule has 0 bridgehead atoms. The smallest absolute Gasteiger partial charge is 0.119 e. The first kappa shape index (κ1) is 9.25. The Morgan fingerprint density at radius 1 is 1.36 bits per heavy atom. The number of phenols is 1. The van der Waals surface area contributed by atoms with Crippen molar-refractivity contribution in [2.45, 2.75) is 33.2 Å². The molecule has 1 unspecified atom stereocenters. The predicted molar refractivity (Wildman–Crippen MR) is 58.2 cm³/mol. The van der Waals surface area contributed by atoms with Gasteiger partial charge in [-0.3, -0.25) is 4.99 Å². The van der Waals surface area contributed by atoms with Crippen LogP contribution in [0, 0.1) is 13.8 Å². The summed E-state index contributed by atoms with van der Waals surface area (Å²) in [5.41, 5.74) is 4.49. The number of phenolic OH excluding ortho intramolecular Hbond substituents is 1. The fourth-order valence-corrected chi connectivity index (χ4v) is 1.96. The van der Waals surface area contributed by atoms with Crippen LogP contribution < -0.4 is 0 Å². The van der Waals surface area contributed by atoms with E-state index in [9.17, 15) is 5.11 Å². The van der Waals surface area contributed by atoms with Crippen LogP contribution >= 0.6 is 0 Å². The predicted octanol–water partition coefficient (Wildman–Crippen LogP) is 2.89. The van der Waals surface area contributed by atoms with Crippen LogP contribution in [0.3, 0.4) is 0 Å². The lowest BCUT2D eigenvalue weighted by Crippen LogP contribution is -1.96. The Hall–Kier alpha value is -1.31. The zero-order chi connectivity index (χ0) is 10.3. The van der Waals surface area contributed by atoms with Gasteiger partial charge in [0.05, 0.1) is 6.04 Å². The SMILES string of the molecule is CCC1N=Cc2c1cc(O)c(C)c2C. The molecule has 1 aliphatic heterocycles. The van der Waals surface area contributed by atoms with Crippen LogP contribution in [0.2, 0.25) is 0 Å². The number of hydrogen-bond donors (Lipinski definition) is 1. The summed E-state index contributed by atoms with van der Waals surface area (Å²) < 4.78 is 0. The fraction of sp³-hybridized carbons (Fsp3) is 0.417. The summed E-state index contributed by atoms with van der Waals surface area (Å²) in [4.78, 5) is 4.43. The molecule has 0 saturated heterocycles. The van der Waals surface area contributed by atoms with Crippen LogP contribution in [0.25, 0.3) is 0 Å². The summed E-state index contributed by atoms with van der Waals surface area (Å²) >= 11 is 0. The summed E-state index contributed by atoms with van der Waals surface area (Å²) in [7, 11) is 0. The van der Waals surface area contributed by atoms with Gasteiger partial charge in [-0.25, -0.2) is 0 Å². The first-order valence-electron chi connectivity index (χ1n) is 5.01. The molecule has 0 fully saturated rings. The number of fused-ring (bicyclic) bond motifs is 1. The second-order valence-electron chi connectivity index (χ2n) is 3.85. The molecule has 2 rings (SSSR count). The minimum absolute atomic E-state index is 0.246. The van der Waals surface area contributed by atoms with Crippen molar-refractivity contribution in [3.05, 3.63) is 28.3 Å². The molecule has 2 heteroatoms. The Labute approximate surface area is 84.3 Å². The minimum Gasteiger partial charge on any atom is -0.508 e. The maximum absolute atomic E-state index is 9.72. The lowest BCUT2D eigenvalue weighted by atomic mass is 9.95. The highest BCUT2D eigenvalue weighted by molar-refractivity contribution is 5.88. The van der Waals surface area contributed by atoms with E-state index < -0.39 is 0 Å². The second kappa shape index (κ2) is 3.12. The number of rotatable bonds is 1. The van der Waals surface area contributed by atoms with Crippen molar-refractivity contribution in [2.75, 3.05) is 0 Å². The molecular formula is C12H15NO. The van der Waals surface area contributed by atoms with E-state index in [1.54, 1.807) is 0 Å². The molecule has 0 aromatic heterocycles. The van der Waals surface area contributed by atoms with Crippen molar-refractivity contribution in [2.24, 2.45) is 4.99 Å². The van der Waals surface area contributed by atoms with E-state index in [1.165, 1.54) is 11.1 Å². The van der Waals surface area contributed by atoms with Crippen molar-refractivity contribution < 1.29 is 5.11 Å².